The molecule has 29 heavy (non-hydrogen) atoms. The van der Waals surface area contributed by atoms with Gasteiger partial charge in [0, 0.05) is 22.3 Å². The molecule has 0 aliphatic heterocycles. The average molecular weight is 473 g/mol. The summed E-state index contributed by atoms with van der Waals surface area (Å²) in [4.78, 5) is 27.2. The molecular weight excluding hydrogens is 462 g/mol. The summed E-state index contributed by atoms with van der Waals surface area (Å²) in [5.41, 5.74) is 2.39. The Hall–Kier alpha value is -3.23. The molecule has 7 nitrogen and oxygen atoms in total. The van der Waals surface area contributed by atoms with Crippen LogP contribution in [0.1, 0.15) is 10.4 Å². The number of amides is 1. The summed E-state index contributed by atoms with van der Waals surface area (Å²) in [6, 6.07) is 16.3. The van der Waals surface area contributed by atoms with Gasteiger partial charge in [-0.3, -0.25) is 14.9 Å². The van der Waals surface area contributed by atoms with Gasteiger partial charge in [-0.15, -0.1) is 0 Å². The van der Waals surface area contributed by atoms with Gasteiger partial charge in [0.2, 0.25) is 5.89 Å². The predicted molar refractivity (Wildman–Crippen MR) is 113 cm³/mol. The monoisotopic (exact) mass is 471 g/mol. The summed E-state index contributed by atoms with van der Waals surface area (Å²) in [6.07, 6.45) is 0. The van der Waals surface area contributed by atoms with E-state index in [-0.39, 0.29) is 16.3 Å². The largest absolute Gasteiger partial charge is 0.436 e. The highest BCUT2D eigenvalue weighted by Gasteiger charge is 2.16. The molecule has 9 heteroatoms. The van der Waals surface area contributed by atoms with Crippen molar-refractivity contribution in [3.63, 3.8) is 0 Å². The number of nitrogens with one attached hydrogen (secondary N) is 1. The number of rotatable bonds is 4. The molecule has 0 saturated carbocycles. The van der Waals surface area contributed by atoms with E-state index >= 15 is 0 Å². The molecule has 1 amide bonds. The topological polar surface area (TPSA) is 98.3 Å². The first-order valence-electron chi connectivity index (χ1n) is 8.33. The molecule has 4 rings (SSSR count). The van der Waals surface area contributed by atoms with Crippen LogP contribution < -0.4 is 5.32 Å². The van der Waals surface area contributed by atoms with Crippen LogP contribution in [0.15, 0.2) is 69.6 Å². The van der Waals surface area contributed by atoms with Crippen molar-refractivity contribution in [3.05, 3.63) is 85.8 Å². The van der Waals surface area contributed by atoms with Gasteiger partial charge in [-0.05, 0) is 52.3 Å². The highest BCUT2D eigenvalue weighted by molar-refractivity contribution is 9.10. The van der Waals surface area contributed by atoms with Crippen molar-refractivity contribution in [1.82, 2.24) is 4.98 Å². The maximum atomic E-state index is 12.5. The number of non-ortho nitro benzene ring substituents is 1. The van der Waals surface area contributed by atoms with E-state index in [1.165, 1.54) is 12.1 Å². The van der Waals surface area contributed by atoms with Gasteiger partial charge in [-0.2, -0.15) is 0 Å². The number of carbonyl (C=O) groups is 1. The third-order valence-electron chi connectivity index (χ3n) is 4.16. The van der Waals surface area contributed by atoms with E-state index in [1.807, 2.05) is 24.3 Å². The number of carbonyl (C=O) groups excluding carboxylic acids is 1. The summed E-state index contributed by atoms with van der Waals surface area (Å²) < 4.78 is 6.65. The minimum absolute atomic E-state index is 0.00423. The average Bonchev–Trinajstić information content (AvgIpc) is 3.11. The molecule has 0 saturated heterocycles. The van der Waals surface area contributed by atoms with Crippen LogP contribution in [0.2, 0.25) is 5.02 Å². The Morgan fingerprint density at radius 3 is 2.66 bits per heavy atom. The zero-order chi connectivity index (χ0) is 20.5. The SMILES string of the molecule is O=C(Nc1ccc2oc(-c3ccccc3Br)nc2c1)c1ccc([N+](=O)[O-])cc1Cl. The first kappa shape index (κ1) is 19.1. The third-order valence-corrected chi connectivity index (χ3v) is 5.16. The summed E-state index contributed by atoms with van der Waals surface area (Å²) in [5.74, 6) is -0.0341. The number of nitro groups is 1. The van der Waals surface area contributed by atoms with E-state index in [0.29, 0.717) is 22.7 Å². The van der Waals surface area contributed by atoms with Gasteiger partial charge in [-0.1, -0.05) is 23.7 Å². The molecule has 0 radical (unpaired) electrons. The minimum Gasteiger partial charge on any atom is -0.436 e. The second kappa shape index (κ2) is 7.65. The van der Waals surface area contributed by atoms with Crippen molar-refractivity contribution in [1.29, 1.82) is 0 Å². The Morgan fingerprint density at radius 2 is 1.93 bits per heavy atom. The van der Waals surface area contributed by atoms with Crippen molar-refractivity contribution in [2.24, 2.45) is 0 Å². The second-order valence-electron chi connectivity index (χ2n) is 6.06. The van der Waals surface area contributed by atoms with Crippen molar-refractivity contribution >= 4 is 55.9 Å². The third kappa shape index (κ3) is 3.85. The predicted octanol–water partition coefficient (Wildman–Crippen LogP) is 6.07. The normalized spacial score (nSPS) is 10.8. The van der Waals surface area contributed by atoms with Crippen molar-refractivity contribution in [2.45, 2.75) is 0 Å². The van der Waals surface area contributed by atoms with E-state index in [1.54, 1.807) is 18.2 Å². The lowest BCUT2D eigenvalue weighted by molar-refractivity contribution is -0.384. The number of hydrogen-bond donors (Lipinski definition) is 1. The molecule has 0 fully saturated rings. The standard InChI is InChI=1S/C20H11BrClN3O4/c21-15-4-2-1-3-13(15)20-24-17-9-11(5-8-18(17)29-20)23-19(26)14-7-6-12(25(27)28)10-16(14)22/h1-10H,(H,23,26). The lowest BCUT2D eigenvalue weighted by atomic mass is 10.2. The molecule has 0 unspecified atom stereocenters. The number of anilines is 1. The molecule has 0 aliphatic carbocycles. The van der Waals surface area contributed by atoms with Gasteiger partial charge in [0.05, 0.1) is 21.1 Å². The molecule has 0 spiro atoms. The fraction of sp³-hybridized carbons (Fsp3) is 0. The molecule has 0 atom stereocenters. The maximum absolute atomic E-state index is 12.5. The zero-order valence-corrected chi connectivity index (χ0v) is 16.9. The summed E-state index contributed by atoms with van der Waals surface area (Å²) >= 11 is 9.49. The van der Waals surface area contributed by atoms with Crippen molar-refractivity contribution in [2.75, 3.05) is 5.32 Å². The fourth-order valence-electron chi connectivity index (χ4n) is 2.76. The van der Waals surface area contributed by atoms with Crippen molar-refractivity contribution < 1.29 is 14.1 Å². The number of nitro benzene ring substituents is 1. The Balaban J connectivity index is 1.61. The molecule has 1 N–H and O–H groups in total. The Kier molecular flexibility index (Phi) is 5.04. The smallest absolute Gasteiger partial charge is 0.270 e. The summed E-state index contributed by atoms with van der Waals surface area (Å²) in [7, 11) is 0. The zero-order valence-electron chi connectivity index (χ0n) is 14.6. The summed E-state index contributed by atoms with van der Waals surface area (Å²) in [6.45, 7) is 0. The lowest BCUT2D eigenvalue weighted by Gasteiger charge is -2.06. The van der Waals surface area contributed by atoms with Crippen molar-refractivity contribution in [3.8, 4) is 11.5 Å². The molecule has 3 aromatic carbocycles. The van der Waals surface area contributed by atoms with Crippen LogP contribution in [0, 0.1) is 10.1 Å². The second-order valence-corrected chi connectivity index (χ2v) is 7.32. The van der Waals surface area contributed by atoms with Crippen LogP contribution in [-0.4, -0.2) is 15.8 Å². The first-order valence-corrected chi connectivity index (χ1v) is 9.50. The number of nitrogens with zero attached hydrogens (tertiary/aromatic N) is 2. The van der Waals surface area contributed by atoms with E-state index in [4.69, 9.17) is 16.0 Å². The number of hydrogen-bond acceptors (Lipinski definition) is 5. The van der Waals surface area contributed by atoms with Gasteiger partial charge in [-0.25, -0.2) is 4.98 Å². The molecule has 4 aromatic rings. The number of aromatic nitrogens is 1. The minimum atomic E-state index is -0.575. The summed E-state index contributed by atoms with van der Waals surface area (Å²) in [5, 5.41) is 13.5. The number of oxazole rings is 1. The first-order chi connectivity index (χ1) is 13.9. The Bertz CT molecular complexity index is 1270. The van der Waals surface area contributed by atoms with Gasteiger partial charge < -0.3 is 9.73 Å². The van der Waals surface area contributed by atoms with Crippen LogP contribution in [0.5, 0.6) is 0 Å². The molecule has 1 heterocycles. The van der Waals surface area contributed by atoms with Gasteiger partial charge in [0.1, 0.15) is 5.52 Å². The number of benzene rings is 3. The van der Waals surface area contributed by atoms with Crippen LogP contribution >= 0.6 is 27.5 Å². The fourth-order valence-corrected chi connectivity index (χ4v) is 3.47. The van der Waals surface area contributed by atoms with Gasteiger partial charge >= 0.3 is 0 Å². The highest BCUT2D eigenvalue weighted by Crippen LogP contribution is 2.31. The lowest BCUT2D eigenvalue weighted by Crippen LogP contribution is -2.12. The molecule has 144 valence electrons. The van der Waals surface area contributed by atoms with E-state index in [0.717, 1.165) is 16.1 Å². The molecule has 0 aliphatic rings. The van der Waals surface area contributed by atoms with Gasteiger partial charge in [0.25, 0.3) is 11.6 Å². The Labute approximate surface area is 177 Å². The van der Waals surface area contributed by atoms with E-state index < -0.39 is 10.8 Å². The number of fused-ring (bicyclic) bond motifs is 1. The molecule has 1 aromatic heterocycles. The molecule has 0 bridgehead atoms. The van der Waals surface area contributed by atoms with Crippen LogP contribution in [0.4, 0.5) is 11.4 Å². The van der Waals surface area contributed by atoms with Crippen LogP contribution in [-0.2, 0) is 0 Å². The Morgan fingerprint density at radius 1 is 1.14 bits per heavy atom. The number of halogens is 2. The van der Waals surface area contributed by atoms with E-state index in [2.05, 4.69) is 26.2 Å². The molecular formula is C20H11BrClN3O4. The maximum Gasteiger partial charge on any atom is 0.270 e. The highest BCUT2D eigenvalue weighted by atomic mass is 79.9. The van der Waals surface area contributed by atoms with Gasteiger partial charge in [0.15, 0.2) is 5.58 Å². The van der Waals surface area contributed by atoms with E-state index in [9.17, 15) is 14.9 Å². The van der Waals surface area contributed by atoms with Crippen LogP contribution in [0.25, 0.3) is 22.6 Å². The van der Waals surface area contributed by atoms with Crippen LogP contribution in [0.3, 0.4) is 0 Å². The quantitative estimate of drug-likeness (QED) is 0.287.